The Hall–Kier alpha value is -1.57. The van der Waals surface area contributed by atoms with E-state index in [1.165, 1.54) is 12.0 Å². The third kappa shape index (κ3) is 1.59. The Kier molecular flexibility index (Phi) is 2.32. The van der Waals surface area contributed by atoms with E-state index in [9.17, 15) is 4.79 Å². The zero-order valence-electron chi connectivity index (χ0n) is 10.4. The van der Waals surface area contributed by atoms with E-state index in [-0.39, 0.29) is 5.56 Å². The van der Waals surface area contributed by atoms with Crippen molar-refractivity contribution >= 4 is 10.8 Å². The fourth-order valence-electron chi connectivity index (χ4n) is 2.59. The molecule has 2 nitrogen and oxygen atoms in total. The summed E-state index contributed by atoms with van der Waals surface area (Å²) in [6.07, 6.45) is 5.58. The summed E-state index contributed by atoms with van der Waals surface area (Å²) < 4.78 is 1.95. The van der Waals surface area contributed by atoms with Crippen molar-refractivity contribution in [3.8, 4) is 0 Å². The van der Waals surface area contributed by atoms with Crippen molar-refractivity contribution in [3.05, 3.63) is 45.9 Å². The number of fused-ring (bicyclic) bond motifs is 1. The molecule has 0 atom stereocenters. The zero-order valence-corrected chi connectivity index (χ0v) is 10.4. The predicted molar refractivity (Wildman–Crippen MR) is 70.6 cm³/mol. The molecule has 0 bridgehead atoms. The third-order valence-corrected chi connectivity index (χ3v) is 3.87. The van der Waals surface area contributed by atoms with Gasteiger partial charge >= 0.3 is 0 Å². The summed E-state index contributed by atoms with van der Waals surface area (Å²) in [5.74, 6) is 0. The summed E-state index contributed by atoms with van der Waals surface area (Å²) in [4.78, 5) is 12.4. The average molecular weight is 227 g/mol. The van der Waals surface area contributed by atoms with Gasteiger partial charge in [-0.3, -0.25) is 4.79 Å². The Balaban J connectivity index is 2.32. The molecule has 1 saturated carbocycles. The van der Waals surface area contributed by atoms with Gasteiger partial charge in [0.15, 0.2) is 0 Å². The lowest BCUT2D eigenvalue weighted by molar-refractivity contribution is 0.307. The maximum absolute atomic E-state index is 12.4. The van der Waals surface area contributed by atoms with Crippen LogP contribution in [0.25, 0.3) is 10.8 Å². The number of benzene rings is 1. The highest BCUT2D eigenvalue weighted by molar-refractivity contribution is 5.85. The summed E-state index contributed by atoms with van der Waals surface area (Å²) in [5.41, 5.74) is 2.53. The molecule has 0 unspecified atom stereocenters. The first-order chi connectivity index (χ1) is 8.16. The van der Waals surface area contributed by atoms with Crippen LogP contribution in [0.4, 0.5) is 0 Å². The Bertz CT molecular complexity index is 635. The van der Waals surface area contributed by atoms with Gasteiger partial charge in [0.05, 0.1) is 0 Å². The van der Waals surface area contributed by atoms with E-state index in [4.69, 9.17) is 0 Å². The molecule has 1 heterocycles. The SMILES string of the molecule is Cc1ccc2c(C)cn(C3CCC3)c(=O)c2c1. The number of aromatic nitrogens is 1. The van der Waals surface area contributed by atoms with Crippen LogP contribution in [0, 0.1) is 13.8 Å². The Labute approximate surface area is 101 Å². The fourth-order valence-corrected chi connectivity index (χ4v) is 2.59. The third-order valence-electron chi connectivity index (χ3n) is 3.87. The van der Waals surface area contributed by atoms with Crippen molar-refractivity contribution in [2.45, 2.75) is 39.2 Å². The fraction of sp³-hybridized carbons (Fsp3) is 0.400. The van der Waals surface area contributed by atoms with Crippen LogP contribution < -0.4 is 5.56 Å². The molecule has 17 heavy (non-hydrogen) atoms. The van der Waals surface area contributed by atoms with Gasteiger partial charge in [-0.15, -0.1) is 0 Å². The van der Waals surface area contributed by atoms with Crippen molar-refractivity contribution in [2.75, 3.05) is 0 Å². The molecule has 1 aromatic carbocycles. The maximum atomic E-state index is 12.4. The van der Waals surface area contributed by atoms with E-state index in [1.54, 1.807) is 0 Å². The highest BCUT2D eigenvalue weighted by atomic mass is 16.1. The number of hydrogen-bond acceptors (Lipinski definition) is 1. The zero-order chi connectivity index (χ0) is 12.0. The maximum Gasteiger partial charge on any atom is 0.258 e. The average Bonchev–Trinajstić information content (AvgIpc) is 2.23. The summed E-state index contributed by atoms with van der Waals surface area (Å²) in [5, 5.41) is 1.97. The normalized spacial score (nSPS) is 16.1. The van der Waals surface area contributed by atoms with E-state index >= 15 is 0 Å². The Morgan fingerprint density at radius 3 is 2.59 bits per heavy atom. The standard InChI is InChI=1S/C15H17NO/c1-10-6-7-13-11(2)9-16(12-4-3-5-12)15(17)14(13)8-10/h6-9,12H,3-5H2,1-2H3. The van der Waals surface area contributed by atoms with Crippen LogP contribution in [0.5, 0.6) is 0 Å². The molecule has 88 valence electrons. The van der Waals surface area contributed by atoms with Crippen LogP contribution in [-0.4, -0.2) is 4.57 Å². The van der Waals surface area contributed by atoms with Crippen molar-refractivity contribution < 1.29 is 0 Å². The minimum Gasteiger partial charge on any atom is -0.312 e. The smallest absolute Gasteiger partial charge is 0.258 e. The van der Waals surface area contributed by atoms with E-state index in [0.29, 0.717) is 6.04 Å². The lowest BCUT2D eigenvalue weighted by atomic mass is 9.92. The first kappa shape index (κ1) is 10.6. The highest BCUT2D eigenvalue weighted by Gasteiger charge is 2.21. The number of rotatable bonds is 1. The van der Waals surface area contributed by atoms with Crippen molar-refractivity contribution in [3.63, 3.8) is 0 Å². The molecule has 0 spiro atoms. The van der Waals surface area contributed by atoms with E-state index in [1.807, 2.05) is 23.8 Å². The molecular formula is C15H17NO. The summed E-state index contributed by atoms with van der Waals surface area (Å²) in [7, 11) is 0. The van der Waals surface area contributed by atoms with Gasteiger partial charge in [-0.2, -0.15) is 0 Å². The number of aryl methyl sites for hydroxylation is 2. The van der Waals surface area contributed by atoms with Gasteiger partial charge in [0, 0.05) is 17.6 Å². The van der Waals surface area contributed by atoms with Crippen molar-refractivity contribution in [2.24, 2.45) is 0 Å². The predicted octanol–water partition coefficient (Wildman–Crippen LogP) is 3.34. The first-order valence-electron chi connectivity index (χ1n) is 6.29. The molecular weight excluding hydrogens is 210 g/mol. The van der Waals surface area contributed by atoms with Crippen LogP contribution in [0.15, 0.2) is 29.2 Å². The molecule has 1 aliphatic rings. The lowest BCUT2D eigenvalue weighted by Crippen LogP contribution is -2.29. The van der Waals surface area contributed by atoms with Gasteiger partial charge in [0.25, 0.3) is 5.56 Å². The van der Waals surface area contributed by atoms with Crippen LogP contribution in [-0.2, 0) is 0 Å². The van der Waals surface area contributed by atoms with Gasteiger partial charge in [-0.25, -0.2) is 0 Å². The molecule has 2 aromatic rings. The molecule has 1 aromatic heterocycles. The largest absolute Gasteiger partial charge is 0.312 e. The Morgan fingerprint density at radius 2 is 1.94 bits per heavy atom. The van der Waals surface area contributed by atoms with Gasteiger partial charge in [0.2, 0.25) is 0 Å². The monoisotopic (exact) mass is 227 g/mol. The lowest BCUT2D eigenvalue weighted by Gasteiger charge is -2.28. The molecule has 0 N–H and O–H groups in total. The summed E-state index contributed by atoms with van der Waals surface area (Å²) in [6, 6.07) is 6.58. The number of nitrogens with zero attached hydrogens (tertiary/aromatic N) is 1. The van der Waals surface area contributed by atoms with Gasteiger partial charge in [-0.05, 0) is 50.1 Å². The molecule has 0 amide bonds. The topological polar surface area (TPSA) is 22.0 Å². The van der Waals surface area contributed by atoms with E-state index in [0.717, 1.165) is 29.2 Å². The minimum absolute atomic E-state index is 0.180. The molecule has 1 fully saturated rings. The van der Waals surface area contributed by atoms with Gasteiger partial charge in [-0.1, -0.05) is 17.7 Å². The number of hydrogen-bond donors (Lipinski definition) is 0. The van der Waals surface area contributed by atoms with Crippen LogP contribution in [0.3, 0.4) is 0 Å². The Morgan fingerprint density at radius 1 is 1.18 bits per heavy atom. The molecule has 0 aliphatic heterocycles. The molecule has 1 aliphatic carbocycles. The first-order valence-corrected chi connectivity index (χ1v) is 6.29. The molecule has 0 radical (unpaired) electrons. The van der Waals surface area contributed by atoms with Crippen LogP contribution in [0.2, 0.25) is 0 Å². The van der Waals surface area contributed by atoms with Gasteiger partial charge in [0.1, 0.15) is 0 Å². The van der Waals surface area contributed by atoms with E-state index in [2.05, 4.69) is 19.1 Å². The molecule has 3 rings (SSSR count). The second kappa shape index (κ2) is 3.73. The van der Waals surface area contributed by atoms with E-state index < -0.39 is 0 Å². The van der Waals surface area contributed by atoms with Crippen LogP contribution >= 0.6 is 0 Å². The summed E-state index contributed by atoms with van der Waals surface area (Å²) >= 11 is 0. The second-order valence-corrected chi connectivity index (χ2v) is 5.16. The molecule has 2 heteroatoms. The highest BCUT2D eigenvalue weighted by Crippen LogP contribution is 2.31. The molecule has 0 saturated heterocycles. The van der Waals surface area contributed by atoms with Crippen molar-refractivity contribution in [1.29, 1.82) is 0 Å². The quantitative estimate of drug-likeness (QED) is 0.732. The number of pyridine rings is 1. The van der Waals surface area contributed by atoms with Crippen molar-refractivity contribution in [1.82, 2.24) is 4.57 Å². The minimum atomic E-state index is 0.180. The summed E-state index contributed by atoms with van der Waals surface area (Å²) in [6.45, 7) is 4.13. The van der Waals surface area contributed by atoms with Gasteiger partial charge < -0.3 is 4.57 Å². The van der Waals surface area contributed by atoms with Crippen LogP contribution in [0.1, 0.15) is 36.4 Å². The second-order valence-electron chi connectivity index (χ2n) is 5.16.